The number of benzene rings is 2. The van der Waals surface area contributed by atoms with Crippen LogP contribution in [0, 0.1) is 11.6 Å². The Morgan fingerprint density at radius 3 is 2.50 bits per heavy atom. The van der Waals surface area contributed by atoms with Crippen LogP contribution in [-0.2, 0) is 19.2 Å². The first-order chi connectivity index (χ1) is 23.0. The predicted octanol–water partition coefficient (Wildman–Crippen LogP) is 1.66. The Morgan fingerprint density at radius 2 is 1.71 bits per heavy atom. The lowest BCUT2D eigenvalue weighted by atomic mass is 10.1. The molecule has 2 aromatic carbocycles. The molecule has 1 aromatic heterocycles. The van der Waals surface area contributed by atoms with Crippen LogP contribution in [0.1, 0.15) is 59.2 Å². The number of amides is 5. The van der Waals surface area contributed by atoms with Crippen LogP contribution in [0.5, 0.6) is 0 Å². The van der Waals surface area contributed by atoms with E-state index in [4.69, 9.17) is 0 Å². The Kier molecular flexibility index (Phi) is 10.6. The third kappa shape index (κ3) is 7.90. The van der Waals surface area contributed by atoms with E-state index in [1.165, 1.54) is 0 Å². The van der Waals surface area contributed by atoms with Crippen LogP contribution in [0.3, 0.4) is 0 Å². The summed E-state index contributed by atoms with van der Waals surface area (Å²) < 4.78 is 28.3. The molecule has 15 heteroatoms. The number of carboxylic acids is 1. The van der Waals surface area contributed by atoms with Crippen molar-refractivity contribution in [2.75, 3.05) is 13.1 Å². The number of carboxylic acid groups (broad SMARTS) is 1. The van der Waals surface area contributed by atoms with Gasteiger partial charge in [0.1, 0.15) is 29.8 Å². The fourth-order valence-electron chi connectivity index (χ4n) is 5.94. The molecule has 13 nitrogen and oxygen atoms in total. The summed E-state index contributed by atoms with van der Waals surface area (Å²) in [6.45, 7) is 0.0130. The fraction of sp³-hybridized carbons (Fsp3) is 0.364. The van der Waals surface area contributed by atoms with Gasteiger partial charge >= 0.3 is 5.97 Å². The van der Waals surface area contributed by atoms with E-state index in [0.717, 1.165) is 22.4 Å². The quantitative estimate of drug-likeness (QED) is 0.273. The molecular weight excluding hydrogens is 630 g/mol. The number of pyridine rings is 1. The number of para-hydroxylation sites is 1. The maximum atomic E-state index is 14.5. The summed E-state index contributed by atoms with van der Waals surface area (Å²) in [5, 5.41) is 20.9. The largest absolute Gasteiger partial charge is 0.480 e. The normalized spacial score (nSPS) is 22.5. The van der Waals surface area contributed by atoms with Crippen LogP contribution >= 0.6 is 0 Å². The van der Waals surface area contributed by atoms with E-state index >= 15 is 0 Å². The predicted molar refractivity (Wildman–Crippen MR) is 166 cm³/mol. The second-order valence-corrected chi connectivity index (χ2v) is 11.7. The molecule has 2 fully saturated rings. The number of halogens is 2. The second-order valence-electron chi connectivity index (χ2n) is 11.7. The number of hydrogen-bond donors (Lipinski definition) is 5. The zero-order valence-corrected chi connectivity index (χ0v) is 25.7. The Balaban J connectivity index is 1.44. The molecule has 0 spiro atoms. The molecule has 252 valence electrons. The van der Waals surface area contributed by atoms with Crippen LogP contribution in [0.2, 0.25) is 0 Å². The molecule has 0 unspecified atom stereocenters. The summed E-state index contributed by atoms with van der Waals surface area (Å²) >= 11 is 0. The minimum Gasteiger partial charge on any atom is -0.480 e. The van der Waals surface area contributed by atoms with Crippen LogP contribution in [0.15, 0.2) is 54.7 Å². The number of nitrogens with one attached hydrogen (secondary N) is 4. The molecule has 2 saturated heterocycles. The van der Waals surface area contributed by atoms with Crippen molar-refractivity contribution in [2.45, 2.75) is 62.7 Å². The molecule has 48 heavy (non-hydrogen) atoms. The van der Waals surface area contributed by atoms with Crippen molar-refractivity contribution in [1.29, 1.82) is 0 Å². The van der Waals surface area contributed by atoms with Crippen LogP contribution in [0.25, 0.3) is 10.9 Å². The van der Waals surface area contributed by atoms with Gasteiger partial charge < -0.3 is 31.3 Å². The molecule has 2 aliphatic rings. The summed E-state index contributed by atoms with van der Waals surface area (Å²) in [5.41, 5.74) is 0.0828. The average Bonchev–Trinajstić information content (AvgIpc) is 3.49. The monoisotopic (exact) mass is 664 g/mol. The van der Waals surface area contributed by atoms with E-state index in [0.29, 0.717) is 24.4 Å². The van der Waals surface area contributed by atoms with Gasteiger partial charge in [-0.1, -0.05) is 18.2 Å². The molecule has 0 aliphatic carbocycles. The fourth-order valence-corrected chi connectivity index (χ4v) is 5.94. The highest BCUT2D eigenvalue weighted by Crippen LogP contribution is 2.24. The summed E-state index contributed by atoms with van der Waals surface area (Å²) in [6.07, 6.45) is 1.74. The molecule has 2 aliphatic heterocycles. The van der Waals surface area contributed by atoms with Gasteiger partial charge in [0.05, 0.1) is 16.6 Å². The summed E-state index contributed by atoms with van der Waals surface area (Å²) in [4.78, 5) is 84.0. The zero-order chi connectivity index (χ0) is 34.4. The number of carbonyl (C=O) groups is 6. The number of rotatable bonds is 5. The van der Waals surface area contributed by atoms with Gasteiger partial charge in [-0.2, -0.15) is 0 Å². The number of hydrogen-bond acceptors (Lipinski definition) is 7. The van der Waals surface area contributed by atoms with Crippen LogP contribution in [-0.4, -0.2) is 87.8 Å². The Bertz CT molecular complexity index is 1750. The third-order valence-corrected chi connectivity index (χ3v) is 8.39. The Hall–Kier alpha value is -5.47. The van der Waals surface area contributed by atoms with Crippen molar-refractivity contribution >= 4 is 46.4 Å². The molecule has 3 aromatic rings. The molecule has 4 atom stereocenters. The maximum absolute atomic E-state index is 14.5. The van der Waals surface area contributed by atoms with E-state index in [9.17, 15) is 42.7 Å². The molecule has 0 bridgehead atoms. The number of aromatic nitrogens is 1. The van der Waals surface area contributed by atoms with Crippen molar-refractivity contribution in [1.82, 2.24) is 31.2 Å². The first-order valence-electron chi connectivity index (χ1n) is 15.5. The summed E-state index contributed by atoms with van der Waals surface area (Å²) in [6, 6.07) is 6.09. The zero-order valence-electron chi connectivity index (χ0n) is 25.7. The Morgan fingerprint density at radius 1 is 0.938 bits per heavy atom. The van der Waals surface area contributed by atoms with Gasteiger partial charge in [-0.15, -0.1) is 0 Å². The topological polar surface area (TPSA) is 187 Å². The van der Waals surface area contributed by atoms with Crippen molar-refractivity contribution in [3.8, 4) is 0 Å². The molecule has 3 heterocycles. The maximum Gasteiger partial charge on any atom is 0.326 e. The molecule has 0 saturated carbocycles. The first-order valence-corrected chi connectivity index (χ1v) is 15.5. The van der Waals surface area contributed by atoms with Gasteiger partial charge in [0.2, 0.25) is 17.7 Å². The van der Waals surface area contributed by atoms with Crippen molar-refractivity contribution in [3.05, 3.63) is 77.5 Å². The van der Waals surface area contributed by atoms with E-state index in [-0.39, 0.29) is 44.3 Å². The highest BCUT2D eigenvalue weighted by Gasteiger charge is 2.43. The van der Waals surface area contributed by atoms with Crippen LogP contribution in [0.4, 0.5) is 8.78 Å². The minimum absolute atomic E-state index is 0.0126. The number of fused-ring (bicyclic) bond motifs is 2. The summed E-state index contributed by atoms with van der Waals surface area (Å²) in [7, 11) is 0. The number of aliphatic carboxylic acids is 1. The standard InChI is InChI=1S/C33H34F2N6O7/c34-19-9-10-23(35)22(15-19)30(44)39-24-8-1-2-13-36-27(42)12-11-25(33(47)48)40-31(45)26-16-20(17-41(26)32(24)46)38-29(43)21-7-3-5-18-6-4-14-37-28(18)21/h3-7,9-10,14-15,20,24-26H,1-2,8,11-13,16-17H2,(H,36,42)(H,38,43)(H,39,44)(H,40,45)(H,47,48)/t20-,24+,25+,26+/m1/s1. The van der Waals surface area contributed by atoms with E-state index in [1.54, 1.807) is 36.5 Å². The van der Waals surface area contributed by atoms with Crippen LogP contribution < -0.4 is 21.3 Å². The van der Waals surface area contributed by atoms with Gasteiger partial charge in [-0.05, 0) is 62.4 Å². The van der Waals surface area contributed by atoms with Gasteiger partial charge in [0, 0.05) is 37.1 Å². The average molecular weight is 665 g/mol. The van der Waals surface area contributed by atoms with Crippen molar-refractivity contribution in [2.24, 2.45) is 0 Å². The molecular formula is C33H34F2N6O7. The number of carbonyl (C=O) groups excluding carboxylic acids is 5. The first kappa shape index (κ1) is 33.9. The lowest BCUT2D eigenvalue weighted by molar-refractivity contribution is -0.144. The number of nitrogens with zero attached hydrogens (tertiary/aromatic N) is 2. The van der Waals surface area contributed by atoms with Gasteiger partial charge in [0.25, 0.3) is 11.8 Å². The van der Waals surface area contributed by atoms with Gasteiger partial charge in [0.15, 0.2) is 0 Å². The highest BCUT2D eigenvalue weighted by molar-refractivity contribution is 6.05. The Labute approximate surface area is 273 Å². The molecule has 5 N–H and O–H groups in total. The lowest BCUT2D eigenvalue weighted by Crippen LogP contribution is -2.55. The highest BCUT2D eigenvalue weighted by atomic mass is 19.1. The van der Waals surface area contributed by atoms with E-state index in [1.807, 2.05) is 0 Å². The van der Waals surface area contributed by atoms with Gasteiger partial charge in [-0.25, -0.2) is 13.6 Å². The minimum atomic E-state index is -1.45. The van der Waals surface area contributed by atoms with Gasteiger partial charge in [-0.3, -0.25) is 29.0 Å². The SMILES string of the molecule is O=C1CC[C@@H](C(=O)O)NC(=O)[C@@H]2C[C@@H](NC(=O)c3cccc4cccnc34)CN2C(=O)[C@@H](NC(=O)c2cc(F)ccc2F)CCCCN1. The van der Waals surface area contributed by atoms with Crippen molar-refractivity contribution in [3.63, 3.8) is 0 Å². The molecule has 5 rings (SSSR count). The summed E-state index contributed by atoms with van der Waals surface area (Å²) in [5.74, 6) is -6.84. The molecule has 0 radical (unpaired) electrons. The smallest absolute Gasteiger partial charge is 0.326 e. The second kappa shape index (κ2) is 15.0. The lowest BCUT2D eigenvalue weighted by Gasteiger charge is -2.29. The van der Waals surface area contributed by atoms with E-state index < -0.39 is 76.9 Å². The van der Waals surface area contributed by atoms with Crippen molar-refractivity contribution < 1.29 is 42.7 Å². The third-order valence-electron chi connectivity index (χ3n) is 8.39. The molecule has 5 amide bonds. The van der Waals surface area contributed by atoms with E-state index in [2.05, 4.69) is 26.3 Å².